The average molecular weight is 794 g/mol. The third kappa shape index (κ3) is 5.76. The minimum absolute atomic E-state index is 0.491. The Morgan fingerprint density at radius 2 is 0.823 bits per heavy atom. The second-order valence-corrected chi connectivity index (χ2v) is 17.4. The average Bonchev–Trinajstić information content (AvgIpc) is 3.82. The standard InChI is InChI=1S/C61H47N/c1-4-18-42(19-5-1)44-32-35-47(36-33-44)62(60-31-17-14-28-55(60)50-25-11-10-24-49(50)45-22-8-3-9-23-45)48-37-39-54-52-27-13-16-30-57(52)61(59(54)41-48)56-29-15-12-26-51(56)53-38-34-46(40-58(53)61)43-20-6-2-7-21-43/h2-3,6-17,20-42H,1,4-5,18-19H2. The van der Waals surface area contributed by atoms with Gasteiger partial charge < -0.3 is 4.90 Å². The first-order valence-electron chi connectivity index (χ1n) is 22.5. The third-order valence-corrected chi connectivity index (χ3v) is 14.1. The van der Waals surface area contributed by atoms with Crippen LogP contribution in [0.5, 0.6) is 0 Å². The van der Waals surface area contributed by atoms with Gasteiger partial charge in [0.15, 0.2) is 0 Å². The summed E-state index contributed by atoms with van der Waals surface area (Å²) in [6, 6.07) is 82.0. The summed E-state index contributed by atoms with van der Waals surface area (Å²) < 4.78 is 0. The van der Waals surface area contributed by atoms with E-state index in [9.17, 15) is 0 Å². The molecule has 0 saturated heterocycles. The number of hydrogen-bond donors (Lipinski definition) is 0. The molecule has 9 aromatic carbocycles. The zero-order chi connectivity index (χ0) is 41.0. The van der Waals surface area contributed by atoms with Crippen molar-refractivity contribution in [3.8, 4) is 55.6 Å². The van der Waals surface area contributed by atoms with Crippen molar-refractivity contribution in [1.82, 2.24) is 0 Å². The fourth-order valence-electron chi connectivity index (χ4n) is 11.3. The van der Waals surface area contributed by atoms with Gasteiger partial charge >= 0.3 is 0 Å². The molecule has 1 heteroatoms. The SMILES string of the molecule is c1ccc(-c2ccc3c(c2)C2(c4ccccc4-3)c3ccccc3-c3ccc(N(c4ccc(C5CCCCC5)cc4)c4ccccc4-c4ccccc4-c4ccccc4)cc32)cc1. The molecule has 1 fully saturated rings. The Kier molecular flexibility index (Phi) is 8.89. The summed E-state index contributed by atoms with van der Waals surface area (Å²) in [5.74, 6) is 0.637. The van der Waals surface area contributed by atoms with Crippen LogP contribution in [0.4, 0.5) is 17.1 Å². The van der Waals surface area contributed by atoms with E-state index in [2.05, 4.69) is 223 Å². The fourth-order valence-corrected chi connectivity index (χ4v) is 11.3. The molecule has 296 valence electrons. The van der Waals surface area contributed by atoms with E-state index in [0.717, 1.165) is 17.1 Å². The molecule has 3 aliphatic rings. The largest absolute Gasteiger partial charge is 0.310 e. The molecule has 1 unspecified atom stereocenters. The van der Waals surface area contributed by atoms with Crippen molar-refractivity contribution in [3.63, 3.8) is 0 Å². The Labute approximate surface area is 365 Å². The van der Waals surface area contributed by atoms with Gasteiger partial charge in [-0.15, -0.1) is 0 Å². The lowest BCUT2D eigenvalue weighted by molar-refractivity contribution is 0.443. The monoisotopic (exact) mass is 793 g/mol. The minimum atomic E-state index is -0.491. The lowest BCUT2D eigenvalue weighted by atomic mass is 9.70. The Morgan fingerprint density at radius 3 is 1.50 bits per heavy atom. The van der Waals surface area contributed by atoms with Gasteiger partial charge in [-0.05, 0) is 133 Å². The molecule has 1 spiro atoms. The Bertz CT molecular complexity index is 3090. The molecule has 0 bridgehead atoms. The molecule has 0 radical (unpaired) electrons. The summed E-state index contributed by atoms with van der Waals surface area (Å²) in [7, 11) is 0. The van der Waals surface area contributed by atoms with Gasteiger partial charge in [-0.25, -0.2) is 0 Å². The first-order valence-corrected chi connectivity index (χ1v) is 22.5. The molecule has 3 aliphatic carbocycles. The van der Waals surface area contributed by atoms with Crippen LogP contribution in [0.25, 0.3) is 55.6 Å². The number of nitrogens with zero attached hydrogens (tertiary/aromatic N) is 1. The van der Waals surface area contributed by atoms with Crippen LogP contribution in [0.3, 0.4) is 0 Å². The van der Waals surface area contributed by atoms with Crippen molar-refractivity contribution < 1.29 is 0 Å². The zero-order valence-corrected chi connectivity index (χ0v) is 34.8. The van der Waals surface area contributed by atoms with Crippen LogP contribution in [-0.4, -0.2) is 0 Å². The number of benzene rings is 9. The molecule has 0 aliphatic heterocycles. The van der Waals surface area contributed by atoms with Crippen molar-refractivity contribution in [2.24, 2.45) is 0 Å². The van der Waals surface area contributed by atoms with Gasteiger partial charge in [-0.3, -0.25) is 0 Å². The predicted octanol–water partition coefficient (Wildman–Crippen LogP) is 16.5. The molecule has 0 aromatic heterocycles. The molecular weight excluding hydrogens is 747 g/mol. The van der Waals surface area contributed by atoms with Crippen LogP contribution in [0.2, 0.25) is 0 Å². The molecule has 0 N–H and O–H groups in total. The third-order valence-electron chi connectivity index (χ3n) is 14.1. The van der Waals surface area contributed by atoms with E-state index in [-0.39, 0.29) is 0 Å². The number of anilines is 3. The normalized spacial score (nSPS) is 16.1. The maximum atomic E-state index is 2.53. The van der Waals surface area contributed by atoms with Crippen molar-refractivity contribution in [3.05, 3.63) is 246 Å². The van der Waals surface area contributed by atoms with Crippen LogP contribution >= 0.6 is 0 Å². The zero-order valence-electron chi connectivity index (χ0n) is 34.8. The van der Waals surface area contributed by atoms with Crippen LogP contribution in [0.1, 0.15) is 65.8 Å². The predicted molar refractivity (Wildman–Crippen MR) is 260 cm³/mol. The fraction of sp³-hybridized carbons (Fsp3) is 0.115. The van der Waals surface area contributed by atoms with E-state index < -0.39 is 5.41 Å². The molecule has 62 heavy (non-hydrogen) atoms. The highest BCUT2D eigenvalue weighted by Gasteiger charge is 2.52. The van der Waals surface area contributed by atoms with E-state index in [4.69, 9.17) is 0 Å². The smallest absolute Gasteiger partial charge is 0.0726 e. The molecule has 1 nitrogen and oxygen atoms in total. The number of para-hydroxylation sites is 1. The van der Waals surface area contributed by atoms with Gasteiger partial charge in [0.1, 0.15) is 0 Å². The minimum Gasteiger partial charge on any atom is -0.310 e. The van der Waals surface area contributed by atoms with E-state index in [1.165, 1.54) is 116 Å². The van der Waals surface area contributed by atoms with E-state index in [1.807, 2.05) is 0 Å². The van der Waals surface area contributed by atoms with Crippen molar-refractivity contribution in [2.75, 3.05) is 4.90 Å². The molecule has 9 aromatic rings. The second-order valence-electron chi connectivity index (χ2n) is 17.4. The number of fused-ring (bicyclic) bond motifs is 10. The van der Waals surface area contributed by atoms with Gasteiger partial charge in [0.05, 0.1) is 11.1 Å². The highest BCUT2D eigenvalue weighted by molar-refractivity contribution is 5.99. The lowest BCUT2D eigenvalue weighted by Crippen LogP contribution is -2.26. The van der Waals surface area contributed by atoms with E-state index in [0.29, 0.717) is 5.92 Å². The van der Waals surface area contributed by atoms with Crippen LogP contribution in [0, 0.1) is 0 Å². The molecule has 0 heterocycles. The van der Waals surface area contributed by atoms with Crippen molar-refractivity contribution >= 4 is 17.1 Å². The van der Waals surface area contributed by atoms with Crippen molar-refractivity contribution in [1.29, 1.82) is 0 Å². The van der Waals surface area contributed by atoms with Gasteiger partial charge in [-0.1, -0.05) is 201 Å². The first kappa shape index (κ1) is 36.6. The number of rotatable bonds is 7. The molecule has 0 amide bonds. The first-order chi connectivity index (χ1) is 30.8. The summed E-state index contributed by atoms with van der Waals surface area (Å²) in [6.07, 6.45) is 6.57. The summed E-state index contributed by atoms with van der Waals surface area (Å²) in [4.78, 5) is 2.53. The quantitative estimate of drug-likeness (QED) is 0.155. The van der Waals surface area contributed by atoms with Gasteiger partial charge in [0, 0.05) is 16.9 Å². The highest BCUT2D eigenvalue weighted by Crippen LogP contribution is 2.64. The van der Waals surface area contributed by atoms with E-state index in [1.54, 1.807) is 0 Å². The Balaban J connectivity index is 1.10. The van der Waals surface area contributed by atoms with Gasteiger partial charge in [0.25, 0.3) is 0 Å². The van der Waals surface area contributed by atoms with Crippen LogP contribution in [0.15, 0.2) is 218 Å². The van der Waals surface area contributed by atoms with Crippen LogP contribution < -0.4 is 4.90 Å². The summed E-state index contributed by atoms with van der Waals surface area (Å²) in [5, 5.41) is 0. The van der Waals surface area contributed by atoms with Gasteiger partial charge in [-0.2, -0.15) is 0 Å². The molecule has 12 rings (SSSR count). The summed E-state index contributed by atoms with van der Waals surface area (Å²) in [6.45, 7) is 0. The Morgan fingerprint density at radius 1 is 0.323 bits per heavy atom. The summed E-state index contributed by atoms with van der Waals surface area (Å²) >= 11 is 0. The second kappa shape index (κ2) is 15.0. The summed E-state index contributed by atoms with van der Waals surface area (Å²) in [5.41, 5.74) is 22.4. The lowest BCUT2D eigenvalue weighted by Gasteiger charge is -2.33. The van der Waals surface area contributed by atoms with Crippen molar-refractivity contribution in [2.45, 2.75) is 43.4 Å². The number of hydrogen-bond acceptors (Lipinski definition) is 1. The molecule has 1 atom stereocenters. The Hall–Kier alpha value is -7.22. The molecular formula is C61H47N. The van der Waals surface area contributed by atoms with Gasteiger partial charge in [0.2, 0.25) is 0 Å². The van der Waals surface area contributed by atoms with Crippen LogP contribution in [-0.2, 0) is 5.41 Å². The highest BCUT2D eigenvalue weighted by atomic mass is 15.1. The van der Waals surface area contributed by atoms with E-state index >= 15 is 0 Å². The maximum Gasteiger partial charge on any atom is 0.0726 e. The maximum absolute atomic E-state index is 2.53. The molecule has 1 saturated carbocycles. The topological polar surface area (TPSA) is 3.24 Å².